The summed E-state index contributed by atoms with van der Waals surface area (Å²) in [5.74, 6) is 1.42. The van der Waals surface area contributed by atoms with E-state index in [1.807, 2.05) is 23.2 Å². The van der Waals surface area contributed by atoms with Gasteiger partial charge in [0.1, 0.15) is 22.9 Å². The Bertz CT molecular complexity index is 4220. The minimum atomic E-state index is -3.73. The van der Waals surface area contributed by atoms with Crippen LogP contribution in [0.2, 0.25) is 0 Å². The Balaban J connectivity index is 0.000000144. The van der Waals surface area contributed by atoms with Gasteiger partial charge < -0.3 is 49.9 Å². The fourth-order valence-corrected chi connectivity index (χ4v) is 16.4. The van der Waals surface area contributed by atoms with E-state index in [1.54, 1.807) is 24.4 Å². The third-order valence-corrected chi connectivity index (χ3v) is 22.9. The molecule has 2 aliphatic heterocycles. The number of piperazine rings is 1. The van der Waals surface area contributed by atoms with Crippen molar-refractivity contribution in [2.45, 2.75) is 203 Å². The molecule has 5 aliphatic rings. The lowest BCUT2D eigenvalue weighted by molar-refractivity contribution is 0.111. The predicted octanol–water partition coefficient (Wildman–Crippen LogP) is 14.4. The molecular formula is C77H103F2N15O5S. The van der Waals surface area contributed by atoms with E-state index in [9.17, 15) is 28.1 Å². The van der Waals surface area contributed by atoms with Crippen molar-refractivity contribution in [2.75, 3.05) is 81.9 Å². The van der Waals surface area contributed by atoms with E-state index in [1.165, 1.54) is 44.8 Å². The summed E-state index contributed by atoms with van der Waals surface area (Å²) in [5, 5.41) is 41.7. The van der Waals surface area contributed by atoms with Gasteiger partial charge in [-0.2, -0.15) is 14.3 Å². The van der Waals surface area contributed by atoms with Gasteiger partial charge in [0.25, 0.3) is 0 Å². The average molecular weight is 1390 g/mol. The van der Waals surface area contributed by atoms with Crippen LogP contribution in [0.3, 0.4) is 0 Å². The number of nitrogens with one attached hydrogen (secondary N) is 3. The molecule has 3 aromatic carbocycles. The van der Waals surface area contributed by atoms with E-state index in [2.05, 4.69) is 114 Å². The number of hydrogen-bond donors (Lipinski definition) is 6. The highest BCUT2D eigenvalue weighted by Crippen LogP contribution is 2.42. The van der Waals surface area contributed by atoms with Gasteiger partial charge in [0.05, 0.1) is 40.4 Å². The lowest BCUT2D eigenvalue weighted by atomic mass is 9.83. The summed E-state index contributed by atoms with van der Waals surface area (Å²) >= 11 is 0. The van der Waals surface area contributed by atoms with Crippen LogP contribution in [0.25, 0.3) is 61.0 Å². The fraction of sp³-hybridized carbons (Fsp3) is 0.532. The third-order valence-electron chi connectivity index (χ3n) is 21.0. The Morgan fingerprint density at radius 2 is 1.05 bits per heavy atom. The first-order valence-electron chi connectivity index (χ1n) is 37.1. The van der Waals surface area contributed by atoms with Gasteiger partial charge in [0, 0.05) is 142 Å². The van der Waals surface area contributed by atoms with Crippen molar-refractivity contribution >= 4 is 61.0 Å². The van der Waals surface area contributed by atoms with Gasteiger partial charge in [-0.3, -0.25) is 4.90 Å². The zero-order valence-electron chi connectivity index (χ0n) is 58.9. The number of unbranched alkanes of at least 4 members (excludes halogenated alkanes) is 3. The Morgan fingerprint density at radius 3 is 1.59 bits per heavy atom. The predicted molar refractivity (Wildman–Crippen MR) is 395 cm³/mol. The first-order valence-corrected chi connectivity index (χ1v) is 38.5. The van der Waals surface area contributed by atoms with Gasteiger partial charge in [-0.05, 0) is 175 Å². The average Bonchev–Trinajstić information content (AvgIpc) is 1.60. The van der Waals surface area contributed by atoms with Crippen LogP contribution >= 0.6 is 0 Å². The summed E-state index contributed by atoms with van der Waals surface area (Å²) in [4.78, 5) is 33.1. The number of fused-ring (bicyclic) bond motifs is 3. The van der Waals surface area contributed by atoms with Crippen LogP contribution in [0, 0.1) is 11.6 Å². The molecule has 5 fully saturated rings. The summed E-state index contributed by atoms with van der Waals surface area (Å²) in [6.07, 6.45) is 30.6. The highest BCUT2D eigenvalue weighted by atomic mass is 32.2. The first kappa shape index (κ1) is 72.3. The Hall–Kier alpha value is -7.51. The summed E-state index contributed by atoms with van der Waals surface area (Å²) in [6.45, 7) is 15.5. The second-order valence-corrected chi connectivity index (χ2v) is 30.2. The van der Waals surface area contributed by atoms with Gasteiger partial charge in [-0.1, -0.05) is 76.8 Å². The minimum Gasteiger partial charge on any atom is -0.393 e. The standard InChI is InChI=1S/C28H40N6O.C27H36FN5O3S.C22H27FN4O/c1-3-4-13-29-28-30-18-25-26(20-34(27(25)31-28)23-9-11-24(35)12-10-23)22-7-5-21(6-8-22)19-33-16-14-32(2)15-17-33;1-2-3-13-29-27-30-17-23-24(18-33(26(23)31-27)19-7-9-20(34)10-8-19)22-12-11-21(16-25(22)28)37(35,36)32-14-5-4-6-15-32;1-2-3-12-24-22-25-13-20-21(26-22)19(15-4-10-18(28)11-5-15)14-27(20)17-8-6-16(23)7-9-17/h5-8,18,20,23-24,35H,3-4,9-17,19H2,1-2H3,(H,29,30,31);11-12,16-20,34H,2-10,13-15H2,1H3,(H,29,30,31);6-9,13-15,18,28H,2-5,10-12H2,1H3,(H,24,25,26). The fourth-order valence-electron chi connectivity index (χ4n) is 14.8. The smallest absolute Gasteiger partial charge is 0.243 e. The first-order chi connectivity index (χ1) is 48.6. The molecule has 0 atom stereocenters. The van der Waals surface area contributed by atoms with Crippen LogP contribution in [0.4, 0.5) is 26.6 Å². The molecule has 6 N–H and O–H groups in total. The molecule has 100 heavy (non-hydrogen) atoms. The normalized spacial score (nSPS) is 21.2. The minimum absolute atomic E-state index is 0.0145. The number of aliphatic hydroxyl groups excluding tert-OH is 3. The molecule has 23 heteroatoms. The number of hydrogen-bond acceptors (Lipinski definition) is 16. The molecule has 0 spiro atoms. The number of aromatic nitrogens is 9. The number of rotatable bonds is 22. The van der Waals surface area contributed by atoms with Crippen LogP contribution in [-0.4, -0.2) is 166 Å². The SMILES string of the molecule is CCCCNc1ncc2c(-c3ccc(CN4CCN(C)CC4)cc3)cn(C3CCC(O)CC3)c2n1.CCCCNc1ncc2c(-c3ccc(S(=O)(=O)N4CCCCC4)cc3F)cn(C3CCC(O)CC3)c2n1.CCCCNc1ncc2c(n1)c(C1CCC(O)CC1)cn2-c1ccc(F)cc1. The molecule has 0 radical (unpaired) electrons. The van der Waals surface area contributed by atoms with Crippen LogP contribution in [0.1, 0.15) is 185 Å². The molecule has 2 saturated heterocycles. The summed E-state index contributed by atoms with van der Waals surface area (Å²) in [6, 6.07) is 20.2. The molecule has 3 saturated carbocycles. The Labute approximate surface area is 588 Å². The zero-order chi connectivity index (χ0) is 69.7. The van der Waals surface area contributed by atoms with Gasteiger partial charge in [0.2, 0.25) is 27.9 Å². The van der Waals surface area contributed by atoms with Gasteiger partial charge in [0.15, 0.2) is 0 Å². The second-order valence-electron chi connectivity index (χ2n) is 28.3. The van der Waals surface area contributed by atoms with Crippen LogP contribution < -0.4 is 16.0 Å². The topological polar surface area (TPSA) is 233 Å². The maximum atomic E-state index is 15.6. The van der Waals surface area contributed by atoms with E-state index >= 15 is 4.39 Å². The number of sulfonamides is 1. The lowest BCUT2D eigenvalue weighted by Gasteiger charge is -2.32. The van der Waals surface area contributed by atoms with Crippen molar-refractivity contribution in [3.63, 3.8) is 0 Å². The van der Waals surface area contributed by atoms with E-state index in [-0.39, 0.29) is 35.1 Å². The van der Waals surface area contributed by atoms with Crippen molar-refractivity contribution in [3.05, 3.63) is 127 Å². The molecule has 6 aromatic heterocycles. The number of benzene rings is 3. The molecule has 3 aliphatic carbocycles. The van der Waals surface area contributed by atoms with Crippen molar-refractivity contribution in [2.24, 2.45) is 0 Å². The maximum Gasteiger partial charge on any atom is 0.243 e. The summed E-state index contributed by atoms with van der Waals surface area (Å²) < 4.78 is 63.1. The molecule has 20 nitrogen and oxygen atoms in total. The molecule has 0 bridgehead atoms. The molecule has 536 valence electrons. The molecule has 14 rings (SSSR count). The van der Waals surface area contributed by atoms with E-state index in [4.69, 9.17) is 15.0 Å². The van der Waals surface area contributed by atoms with E-state index in [0.29, 0.717) is 66.9 Å². The number of likely N-dealkylation sites (N-methyl/N-ethyl adjacent to an activating group) is 1. The molecule has 0 unspecified atom stereocenters. The molecule has 8 heterocycles. The largest absolute Gasteiger partial charge is 0.393 e. The van der Waals surface area contributed by atoms with Crippen molar-refractivity contribution in [3.8, 4) is 27.9 Å². The summed E-state index contributed by atoms with van der Waals surface area (Å²) in [5.41, 5.74) is 10.4. The highest BCUT2D eigenvalue weighted by Gasteiger charge is 2.31. The van der Waals surface area contributed by atoms with E-state index in [0.717, 1.165) is 219 Å². The summed E-state index contributed by atoms with van der Waals surface area (Å²) in [7, 11) is -1.53. The number of nitrogens with zero attached hydrogens (tertiary/aromatic N) is 12. The number of aliphatic hydroxyl groups is 3. The van der Waals surface area contributed by atoms with Gasteiger partial charge in [-0.25, -0.2) is 37.1 Å². The van der Waals surface area contributed by atoms with E-state index < -0.39 is 15.8 Å². The molecular weight excluding hydrogens is 1290 g/mol. The van der Waals surface area contributed by atoms with Crippen molar-refractivity contribution < 1.29 is 32.5 Å². The Morgan fingerprint density at radius 1 is 0.540 bits per heavy atom. The molecule has 9 aromatic rings. The van der Waals surface area contributed by atoms with Crippen molar-refractivity contribution in [1.82, 2.24) is 57.7 Å². The van der Waals surface area contributed by atoms with Crippen molar-refractivity contribution in [1.29, 1.82) is 0 Å². The highest BCUT2D eigenvalue weighted by molar-refractivity contribution is 7.89. The zero-order valence-corrected chi connectivity index (χ0v) is 59.7. The number of piperidine rings is 1. The van der Waals surface area contributed by atoms with Crippen LogP contribution in [0.15, 0.2) is 109 Å². The van der Waals surface area contributed by atoms with Crippen LogP contribution in [-0.2, 0) is 16.6 Å². The number of halogens is 2. The van der Waals surface area contributed by atoms with Gasteiger partial charge >= 0.3 is 0 Å². The monoisotopic (exact) mass is 1390 g/mol. The third kappa shape index (κ3) is 17.5. The second kappa shape index (κ2) is 34.0. The maximum absolute atomic E-state index is 15.6. The number of anilines is 3. The van der Waals surface area contributed by atoms with Crippen LogP contribution in [0.5, 0.6) is 0 Å². The lowest BCUT2D eigenvalue weighted by Crippen LogP contribution is -2.43. The quantitative estimate of drug-likeness (QED) is 0.0346. The Kier molecular flexibility index (Phi) is 24.6. The van der Waals surface area contributed by atoms with Gasteiger partial charge in [-0.15, -0.1) is 0 Å². The molecule has 0 amide bonds.